The van der Waals surface area contributed by atoms with Crippen molar-refractivity contribution in [1.29, 1.82) is 0 Å². The van der Waals surface area contributed by atoms with Gasteiger partial charge in [-0.25, -0.2) is 9.80 Å². The van der Waals surface area contributed by atoms with E-state index in [1.165, 1.54) is 5.01 Å². The summed E-state index contributed by atoms with van der Waals surface area (Å²) in [5.41, 5.74) is 5.72. The topological polar surface area (TPSA) is 94.2 Å². The van der Waals surface area contributed by atoms with Gasteiger partial charge in [-0.15, -0.1) is 5.10 Å². The van der Waals surface area contributed by atoms with Crippen LogP contribution in [0.2, 0.25) is 18.1 Å². The molecule has 1 heterocycles. The molecule has 0 aromatic carbocycles. The Hall–Kier alpha value is -1.41. The van der Waals surface area contributed by atoms with Crippen molar-refractivity contribution in [2.45, 2.75) is 77.2 Å². The van der Waals surface area contributed by atoms with Crippen molar-refractivity contribution < 1.29 is 18.8 Å². The normalized spacial score (nSPS) is 25.4. The lowest BCUT2D eigenvalue weighted by Gasteiger charge is -2.37. The molecule has 0 spiro atoms. The van der Waals surface area contributed by atoms with E-state index in [2.05, 4.69) is 39.0 Å². The van der Waals surface area contributed by atoms with Gasteiger partial charge in [0.1, 0.15) is 6.10 Å². The quantitative estimate of drug-likeness (QED) is 0.347. The van der Waals surface area contributed by atoms with Crippen LogP contribution >= 0.6 is 0 Å². The Bertz CT molecular complexity index is 567. The molecule has 2 atom stereocenters. The number of nitrogens with two attached hydrogens (primary N) is 1. The predicted octanol–water partition coefficient (Wildman–Crippen LogP) is 2.22. The monoisotopic (exact) mass is 369 g/mol. The van der Waals surface area contributed by atoms with Crippen molar-refractivity contribution in [2.75, 3.05) is 6.61 Å². The number of ether oxygens (including phenoxy) is 1. The van der Waals surface area contributed by atoms with Crippen LogP contribution in [0.5, 0.6) is 0 Å². The number of hydrogen-bond acceptors (Lipinski definition) is 5. The summed E-state index contributed by atoms with van der Waals surface area (Å²) in [6.45, 7) is 12.6. The maximum atomic E-state index is 12.9. The number of amidine groups is 1. The first-order chi connectivity index (χ1) is 11.5. The average molecular weight is 370 g/mol. The lowest BCUT2D eigenvalue weighted by Crippen LogP contribution is -2.46. The highest BCUT2D eigenvalue weighted by atomic mass is 28.4. The molecule has 0 aromatic heterocycles. The van der Waals surface area contributed by atoms with E-state index >= 15 is 0 Å². The molecule has 2 aliphatic rings. The van der Waals surface area contributed by atoms with Crippen LogP contribution in [0.15, 0.2) is 5.10 Å². The Morgan fingerprint density at radius 1 is 1.36 bits per heavy atom. The molecule has 8 heteroatoms. The van der Waals surface area contributed by atoms with Crippen LogP contribution in [0, 0.1) is 5.92 Å². The summed E-state index contributed by atoms with van der Waals surface area (Å²) in [4.78, 5) is 24.6. The molecule has 1 saturated heterocycles. The fraction of sp³-hybridized carbons (Fsp3) is 0.824. The van der Waals surface area contributed by atoms with E-state index in [0.29, 0.717) is 12.3 Å². The van der Waals surface area contributed by atoms with Gasteiger partial charge in [0.15, 0.2) is 8.32 Å². The highest BCUT2D eigenvalue weighted by Crippen LogP contribution is 2.44. The van der Waals surface area contributed by atoms with E-state index in [-0.39, 0.29) is 29.4 Å². The second-order valence-corrected chi connectivity index (χ2v) is 13.2. The van der Waals surface area contributed by atoms with Crippen LogP contribution in [-0.2, 0) is 18.8 Å². The van der Waals surface area contributed by atoms with Gasteiger partial charge in [0, 0.05) is 6.42 Å². The largest absolute Gasteiger partial charge is 0.460 e. The Kier molecular flexibility index (Phi) is 5.63. The third-order valence-corrected chi connectivity index (χ3v) is 9.87. The molecule has 0 bridgehead atoms. The molecule has 1 aliphatic heterocycles. The van der Waals surface area contributed by atoms with Gasteiger partial charge in [-0.3, -0.25) is 4.79 Å². The zero-order chi connectivity index (χ0) is 19.0. The Morgan fingerprint density at radius 3 is 2.44 bits per heavy atom. The lowest BCUT2D eigenvalue weighted by molar-refractivity contribution is -0.136. The Labute approximate surface area is 151 Å². The fourth-order valence-corrected chi connectivity index (χ4v) is 3.98. The minimum atomic E-state index is -2.08. The highest BCUT2D eigenvalue weighted by molar-refractivity contribution is 6.74. The van der Waals surface area contributed by atoms with E-state index in [0.717, 1.165) is 12.8 Å². The molecule has 2 rings (SSSR count). The molecule has 1 saturated carbocycles. The molecule has 2 fully saturated rings. The van der Waals surface area contributed by atoms with Crippen LogP contribution in [0.25, 0.3) is 0 Å². The van der Waals surface area contributed by atoms with Crippen LogP contribution in [0.1, 0.15) is 47.0 Å². The van der Waals surface area contributed by atoms with E-state index < -0.39 is 20.4 Å². The number of hydrazone groups is 1. The number of hydrogen-bond donors (Lipinski definition) is 1. The van der Waals surface area contributed by atoms with Crippen molar-refractivity contribution in [3.05, 3.63) is 0 Å². The van der Waals surface area contributed by atoms with Crippen molar-refractivity contribution in [3.8, 4) is 0 Å². The zero-order valence-electron chi connectivity index (χ0n) is 16.2. The van der Waals surface area contributed by atoms with Gasteiger partial charge in [0.25, 0.3) is 5.91 Å². The van der Waals surface area contributed by atoms with E-state index in [9.17, 15) is 9.59 Å². The molecule has 1 aliphatic carbocycles. The maximum Gasteiger partial charge on any atom is 0.375 e. The summed E-state index contributed by atoms with van der Waals surface area (Å²) >= 11 is 0. The molecular weight excluding hydrogens is 338 g/mol. The first kappa shape index (κ1) is 19.9. The SMILES string of the molecule is CCOC(=O)C(N)=NN1C(=O)C(O[Si](C)(C)C(C)(C)C)CC1C1CC1. The molecule has 2 N–H and O–H groups in total. The molecule has 7 nitrogen and oxygen atoms in total. The smallest absolute Gasteiger partial charge is 0.375 e. The van der Waals surface area contributed by atoms with Gasteiger partial charge >= 0.3 is 5.97 Å². The van der Waals surface area contributed by atoms with Gasteiger partial charge in [0.2, 0.25) is 5.84 Å². The van der Waals surface area contributed by atoms with Gasteiger partial charge in [0.05, 0.1) is 12.6 Å². The van der Waals surface area contributed by atoms with E-state index in [1.54, 1.807) is 6.92 Å². The minimum Gasteiger partial charge on any atom is -0.460 e. The first-order valence-corrected chi connectivity index (χ1v) is 11.9. The summed E-state index contributed by atoms with van der Waals surface area (Å²) in [6, 6.07) is -0.0461. The lowest BCUT2D eigenvalue weighted by atomic mass is 10.1. The zero-order valence-corrected chi connectivity index (χ0v) is 17.2. The van der Waals surface area contributed by atoms with Crippen molar-refractivity contribution in [2.24, 2.45) is 16.8 Å². The molecular formula is C17H31N3O4Si. The van der Waals surface area contributed by atoms with Crippen molar-refractivity contribution >= 4 is 26.0 Å². The summed E-state index contributed by atoms with van der Waals surface area (Å²) in [7, 11) is -2.08. The molecule has 0 radical (unpaired) electrons. The summed E-state index contributed by atoms with van der Waals surface area (Å²) in [6.07, 6.45) is 2.23. The molecule has 2 unspecified atom stereocenters. The Morgan fingerprint density at radius 2 is 1.96 bits per heavy atom. The second kappa shape index (κ2) is 7.07. The van der Waals surface area contributed by atoms with Gasteiger partial charge in [-0.2, -0.15) is 0 Å². The first-order valence-electron chi connectivity index (χ1n) is 9.00. The second-order valence-electron chi connectivity index (χ2n) is 8.40. The summed E-state index contributed by atoms with van der Waals surface area (Å²) in [5.74, 6) is -0.767. The maximum absolute atomic E-state index is 12.9. The van der Waals surface area contributed by atoms with Gasteiger partial charge in [-0.1, -0.05) is 20.8 Å². The standard InChI is InChI=1S/C17H31N3O4Si/c1-7-23-16(22)14(18)19-20-12(11-8-9-11)10-13(15(20)21)24-25(5,6)17(2,3)4/h11-13H,7-10H2,1-6H3,(H2,18,19). The number of rotatable bonds is 5. The number of amides is 1. The third kappa shape index (κ3) is 4.41. The van der Waals surface area contributed by atoms with Crippen molar-refractivity contribution in [1.82, 2.24) is 5.01 Å². The molecule has 1 amide bonds. The molecule has 25 heavy (non-hydrogen) atoms. The number of nitrogens with zero attached hydrogens (tertiary/aromatic N) is 2. The fourth-order valence-electron chi connectivity index (χ4n) is 2.72. The number of esters is 1. The van der Waals surface area contributed by atoms with Gasteiger partial charge in [-0.05, 0) is 43.8 Å². The van der Waals surface area contributed by atoms with E-state index in [1.807, 2.05) is 0 Å². The summed E-state index contributed by atoms with van der Waals surface area (Å²) < 4.78 is 11.2. The van der Waals surface area contributed by atoms with Crippen LogP contribution < -0.4 is 5.73 Å². The highest BCUT2D eigenvalue weighted by Gasteiger charge is 2.51. The Balaban J connectivity index is 2.18. The predicted molar refractivity (Wildman–Crippen MR) is 98.3 cm³/mol. The van der Waals surface area contributed by atoms with E-state index in [4.69, 9.17) is 14.9 Å². The van der Waals surface area contributed by atoms with Crippen LogP contribution in [-0.4, -0.2) is 49.8 Å². The van der Waals surface area contributed by atoms with Crippen LogP contribution in [0.4, 0.5) is 0 Å². The minimum absolute atomic E-state index is 0.0169. The van der Waals surface area contributed by atoms with Gasteiger partial charge < -0.3 is 14.9 Å². The number of carbonyl (C=O) groups excluding carboxylic acids is 2. The van der Waals surface area contributed by atoms with Crippen LogP contribution in [0.3, 0.4) is 0 Å². The summed E-state index contributed by atoms with van der Waals surface area (Å²) in [5, 5.41) is 5.49. The molecule has 142 valence electrons. The average Bonchev–Trinajstić information content (AvgIpc) is 3.28. The third-order valence-electron chi connectivity index (χ3n) is 5.38. The van der Waals surface area contributed by atoms with Crippen molar-refractivity contribution in [3.63, 3.8) is 0 Å². The molecule has 0 aromatic rings. The number of carbonyl (C=O) groups is 2.